The molecule has 1 aromatic rings. The first-order chi connectivity index (χ1) is 9.49. The number of nitrogens with zero attached hydrogens (tertiary/aromatic N) is 2. The summed E-state index contributed by atoms with van der Waals surface area (Å²) in [6, 6.07) is 0. The van der Waals surface area contributed by atoms with Crippen molar-refractivity contribution < 1.29 is 0 Å². The second-order valence-electron chi connectivity index (χ2n) is 5.89. The van der Waals surface area contributed by atoms with Crippen molar-refractivity contribution in [1.82, 2.24) is 15.1 Å². The second kappa shape index (κ2) is 8.04. The van der Waals surface area contributed by atoms with E-state index in [4.69, 9.17) is 11.6 Å². The molecule has 0 amide bonds. The summed E-state index contributed by atoms with van der Waals surface area (Å²) in [7, 11) is 1.92. The van der Waals surface area contributed by atoms with E-state index in [1.807, 2.05) is 7.05 Å². The summed E-state index contributed by atoms with van der Waals surface area (Å²) in [4.78, 5) is 0. The molecule has 116 valence electrons. The molecule has 4 heteroatoms. The highest BCUT2D eigenvalue weighted by molar-refractivity contribution is 6.30. The van der Waals surface area contributed by atoms with Gasteiger partial charge in [-0.3, -0.25) is 4.68 Å². The Morgan fingerprint density at radius 3 is 2.45 bits per heavy atom. The highest BCUT2D eigenvalue weighted by atomic mass is 35.5. The molecule has 0 aliphatic heterocycles. The van der Waals surface area contributed by atoms with Crippen LogP contribution in [0.15, 0.2) is 0 Å². The van der Waals surface area contributed by atoms with Crippen molar-refractivity contribution in [3.63, 3.8) is 0 Å². The Hall–Kier alpha value is -0.540. The predicted molar refractivity (Wildman–Crippen MR) is 87.5 cm³/mol. The average molecular weight is 300 g/mol. The SMILES string of the molecule is CCCCC(CC)(CNCC)Cc1c(C)nn(C)c1Cl. The Kier molecular flexibility index (Phi) is 7.04. The molecule has 1 rings (SSSR count). The van der Waals surface area contributed by atoms with Gasteiger partial charge in [-0.15, -0.1) is 0 Å². The lowest BCUT2D eigenvalue weighted by atomic mass is 9.75. The van der Waals surface area contributed by atoms with Gasteiger partial charge in [0.15, 0.2) is 0 Å². The molecule has 1 unspecified atom stereocenters. The molecule has 0 radical (unpaired) electrons. The minimum atomic E-state index is 0.295. The van der Waals surface area contributed by atoms with Gasteiger partial charge in [-0.05, 0) is 38.1 Å². The van der Waals surface area contributed by atoms with Gasteiger partial charge in [0.05, 0.1) is 5.69 Å². The Morgan fingerprint density at radius 2 is 2.00 bits per heavy atom. The van der Waals surface area contributed by atoms with E-state index in [1.54, 1.807) is 4.68 Å². The summed E-state index contributed by atoms with van der Waals surface area (Å²) >= 11 is 6.43. The Morgan fingerprint density at radius 1 is 1.30 bits per heavy atom. The quantitative estimate of drug-likeness (QED) is 0.743. The molecule has 1 atom stereocenters. The molecule has 1 aromatic heterocycles. The molecule has 0 aromatic carbocycles. The van der Waals surface area contributed by atoms with Crippen molar-refractivity contribution in [1.29, 1.82) is 0 Å². The van der Waals surface area contributed by atoms with Crippen molar-refractivity contribution in [3.8, 4) is 0 Å². The number of hydrogen-bond donors (Lipinski definition) is 1. The van der Waals surface area contributed by atoms with Gasteiger partial charge in [-0.25, -0.2) is 0 Å². The highest BCUT2D eigenvalue weighted by Gasteiger charge is 2.30. The van der Waals surface area contributed by atoms with Gasteiger partial charge in [0.25, 0.3) is 0 Å². The summed E-state index contributed by atoms with van der Waals surface area (Å²) in [5.41, 5.74) is 2.59. The fourth-order valence-electron chi connectivity index (χ4n) is 2.86. The number of unbranched alkanes of at least 4 members (excludes halogenated alkanes) is 1. The van der Waals surface area contributed by atoms with Gasteiger partial charge in [0.1, 0.15) is 5.15 Å². The number of aryl methyl sites for hydroxylation is 2. The molecule has 1 N–H and O–H groups in total. The Bertz CT molecular complexity index is 404. The summed E-state index contributed by atoms with van der Waals surface area (Å²) in [6.45, 7) is 10.9. The van der Waals surface area contributed by atoms with Gasteiger partial charge in [-0.2, -0.15) is 5.10 Å². The predicted octanol–water partition coefficient (Wildman–Crippen LogP) is 4.12. The van der Waals surface area contributed by atoms with Crippen LogP contribution in [0.5, 0.6) is 0 Å². The third-order valence-electron chi connectivity index (χ3n) is 4.38. The first kappa shape index (κ1) is 17.5. The highest BCUT2D eigenvalue weighted by Crippen LogP contribution is 2.35. The first-order valence-corrected chi connectivity index (χ1v) is 8.26. The summed E-state index contributed by atoms with van der Waals surface area (Å²) in [5.74, 6) is 0. The van der Waals surface area contributed by atoms with E-state index in [0.717, 1.165) is 30.4 Å². The maximum absolute atomic E-state index is 6.43. The fourth-order valence-corrected chi connectivity index (χ4v) is 3.10. The Balaban J connectivity index is 2.97. The number of aromatic nitrogens is 2. The fraction of sp³-hybridized carbons (Fsp3) is 0.812. The van der Waals surface area contributed by atoms with E-state index in [0.29, 0.717) is 5.41 Å². The van der Waals surface area contributed by atoms with Crippen LogP contribution in [-0.2, 0) is 13.5 Å². The summed E-state index contributed by atoms with van der Waals surface area (Å²) < 4.78 is 1.79. The van der Waals surface area contributed by atoms with Gasteiger partial charge < -0.3 is 5.32 Å². The van der Waals surface area contributed by atoms with E-state index in [1.165, 1.54) is 31.2 Å². The number of halogens is 1. The van der Waals surface area contributed by atoms with Crippen molar-refractivity contribution in [2.45, 2.75) is 59.8 Å². The van der Waals surface area contributed by atoms with Crippen molar-refractivity contribution in [3.05, 3.63) is 16.4 Å². The second-order valence-corrected chi connectivity index (χ2v) is 6.25. The average Bonchev–Trinajstić information content (AvgIpc) is 2.68. The van der Waals surface area contributed by atoms with Crippen LogP contribution in [0.2, 0.25) is 5.15 Å². The summed E-state index contributed by atoms with van der Waals surface area (Å²) in [5, 5.41) is 8.80. The lowest BCUT2D eigenvalue weighted by Gasteiger charge is -2.33. The molecule has 0 aliphatic rings. The summed E-state index contributed by atoms with van der Waals surface area (Å²) in [6.07, 6.45) is 5.96. The van der Waals surface area contributed by atoms with E-state index in [9.17, 15) is 0 Å². The largest absolute Gasteiger partial charge is 0.316 e. The van der Waals surface area contributed by atoms with E-state index >= 15 is 0 Å². The zero-order valence-corrected chi connectivity index (χ0v) is 14.5. The normalized spacial score (nSPS) is 14.5. The molecular formula is C16H30ClN3. The maximum atomic E-state index is 6.43. The molecule has 0 bridgehead atoms. The molecule has 20 heavy (non-hydrogen) atoms. The molecule has 0 fully saturated rings. The smallest absolute Gasteiger partial charge is 0.130 e. The lowest BCUT2D eigenvalue weighted by Crippen LogP contribution is -2.36. The molecule has 0 spiro atoms. The maximum Gasteiger partial charge on any atom is 0.130 e. The minimum absolute atomic E-state index is 0.295. The molecular weight excluding hydrogens is 270 g/mol. The van der Waals surface area contributed by atoms with E-state index in [2.05, 4.69) is 38.1 Å². The Labute approximate surface area is 129 Å². The molecule has 0 saturated heterocycles. The number of hydrogen-bond acceptors (Lipinski definition) is 2. The van der Waals surface area contributed by atoms with Gasteiger partial charge >= 0.3 is 0 Å². The number of nitrogens with one attached hydrogen (secondary N) is 1. The van der Waals surface area contributed by atoms with Crippen LogP contribution in [-0.4, -0.2) is 22.9 Å². The standard InChI is InChI=1S/C16H30ClN3/c1-6-9-10-16(7-2,12-18-8-3)11-14-13(4)19-20(5)15(14)17/h18H,6-12H2,1-5H3. The van der Waals surface area contributed by atoms with Crippen molar-refractivity contribution in [2.24, 2.45) is 12.5 Å². The molecule has 3 nitrogen and oxygen atoms in total. The van der Waals surface area contributed by atoms with Crippen LogP contribution in [0, 0.1) is 12.3 Å². The molecule has 1 heterocycles. The third-order valence-corrected chi connectivity index (χ3v) is 4.86. The van der Waals surface area contributed by atoms with Crippen LogP contribution in [0.25, 0.3) is 0 Å². The lowest BCUT2D eigenvalue weighted by molar-refractivity contribution is 0.230. The van der Waals surface area contributed by atoms with Crippen molar-refractivity contribution in [2.75, 3.05) is 13.1 Å². The van der Waals surface area contributed by atoms with Crippen LogP contribution < -0.4 is 5.32 Å². The first-order valence-electron chi connectivity index (χ1n) is 7.88. The zero-order chi connectivity index (χ0) is 15.2. The van der Waals surface area contributed by atoms with Crippen molar-refractivity contribution >= 4 is 11.6 Å². The third kappa shape index (κ3) is 4.23. The van der Waals surface area contributed by atoms with Gasteiger partial charge in [0, 0.05) is 19.2 Å². The van der Waals surface area contributed by atoms with Crippen LogP contribution in [0.1, 0.15) is 57.7 Å². The van der Waals surface area contributed by atoms with Gasteiger partial charge in [0.2, 0.25) is 0 Å². The molecule has 0 aliphatic carbocycles. The monoisotopic (exact) mass is 299 g/mol. The van der Waals surface area contributed by atoms with Crippen LogP contribution >= 0.6 is 11.6 Å². The van der Waals surface area contributed by atoms with Crippen LogP contribution in [0.4, 0.5) is 0 Å². The van der Waals surface area contributed by atoms with Gasteiger partial charge in [-0.1, -0.05) is 45.2 Å². The van der Waals surface area contributed by atoms with E-state index < -0.39 is 0 Å². The van der Waals surface area contributed by atoms with Crippen LogP contribution in [0.3, 0.4) is 0 Å². The number of rotatable bonds is 9. The van der Waals surface area contributed by atoms with E-state index in [-0.39, 0.29) is 0 Å². The molecule has 0 saturated carbocycles. The minimum Gasteiger partial charge on any atom is -0.316 e. The topological polar surface area (TPSA) is 29.9 Å². The zero-order valence-electron chi connectivity index (χ0n) is 13.7.